The SMILES string of the molecule is c1ccc2nc(OCc3cn4c(-c5ccc(N6CCNCC6)nc5)cnc(-c5ccc6nc[nH]c6c5)c4n3)ccc2c1. The van der Waals surface area contributed by atoms with E-state index < -0.39 is 0 Å². The molecule has 42 heavy (non-hydrogen) atoms. The van der Waals surface area contributed by atoms with Crippen molar-refractivity contribution in [2.75, 3.05) is 31.1 Å². The number of ether oxygens (including phenoxy) is 1. The molecule has 0 bridgehead atoms. The lowest BCUT2D eigenvalue weighted by Gasteiger charge is -2.28. The zero-order chi connectivity index (χ0) is 27.9. The van der Waals surface area contributed by atoms with Crippen molar-refractivity contribution in [2.24, 2.45) is 0 Å². The molecule has 2 aromatic carbocycles. The first-order valence-electron chi connectivity index (χ1n) is 14.0. The summed E-state index contributed by atoms with van der Waals surface area (Å²) in [6.45, 7) is 4.10. The fourth-order valence-corrected chi connectivity index (χ4v) is 5.49. The molecule has 1 saturated heterocycles. The van der Waals surface area contributed by atoms with Crippen molar-refractivity contribution in [2.45, 2.75) is 6.61 Å². The minimum atomic E-state index is 0.270. The Kier molecular flexibility index (Phi) is 5.96. The van der Waals surface area contributed by atoms with E-state index in [0.29, 0.717) is 5.88 Å². The van der Waals surface area contributed by atoms with Gasteiger partial charge in [0, 0.05) is 61.2 Å². The summed E-state index contributed by atoms with van der Waals surface area (Å²) < 4.78 is 8.18. The van der Waals surface area contributed by atoms with Crippen LogP contribution in [-0.2, 0) is 6.61 Å². The molecule has 1 aliphatic heterocycles. The van der Waals surface area contributed by atoms with Gasteiger partial charge in [-0.05, 0) is 36.4 Å². The second-order valence-corrected chi connectivity index (χ2v) is 10.3. The van der Waals surface area contributed by atoms with E-state index >= 15 is 0 Å². The number of imidazole rings is 2. The van der Waals surface area contributed by atoms with Crippen molar-refractivity contribution in [3.8, 4) is 28.4 Å². The molecule has 206 valence electrons. The van der Waals surface area contributed by atoms with Crippen molar-refractivity contribution in [3.63, 3.8) is 0 Å². The number of piperazine rings is 1. The highest BCUT2D eigenvalue weighted by atomic mass is 16.5. The molecule has 0 amide bonds. The average Bonchev–Trinajstić information content (AvgIpc) is 3.71. The van der Waals surface area contributed by atoms with Crippen LogP contribution in [0.3, 0.4) is 0 Å². The van der Waals surface area contributed by atoms with Crippen LogP contribution >= 0.6 is 0 Å². The summed E-state index contributed by atoms with van der Waals surface area (Å²) in [6.07, 6.45) is 7.51. The summed E-state index contributed by atoms with van der Waals surface area (Å²) >= 11 is 0. The van der Waals surface area contributed by atoms with Gasteiger partial charge in [0.25, 0.3) is 0 Å². The molecule has 0 atom stereocenters. The van der Waals surface area contributed by atoms with Gasteiger partial charge >= 0.3 is 0 Å². The molecule has 0 radical (unpaired) electrons. The lowest BCUT2D eigenvalue weighted by molar-refractivity contribution is 0.291. The summed E-state index contributed by atoms with van der Waals surface area (Å²) in [5.74, 6) is 1.54. The number of nitrogens with one attached hydrogen (secondary N) is 2. The van der Waals surface area contributed by atoms with Crippen LogP contribution in [0.25, 0.3) is 50.1 Å². The van der Waals surface area contributed by atoms with Gasteiger partial charge in [0.2, 0.25) is 5.88 Å². The highest BCUT2D eigenvalue weighted by molar-refractivity contribution is 5.85. The highest BCUT2D eigenvalue weighted by Crippen LogP contribution is 2.30. The summed E-state index contributed by atoms with van der Waals surface area (Å²) in [5.41, 5.74) is 7.84. The van der Waals surface area contributed by atoms with Crippen molar-refractivity contribution in [1.82, 2.24) is 39.6 Å². The Balaban J connectivity index is 1.17. The van der Waals surface area contributed by atoms with Crippen molar-refractivity contribution in [3.05, 3.63) is 97.3 Å². The number of aromatic amines is 1. The van der Waals surface area contributed by atoms with E-state index in [1.54, 1.807) is 6.33 Å². The van der Waals surface area contributed by atoms with Crippen LogP contribution in [0, 0.1) is 0 Å². The van der Waals surface area contributed by atoms with Gasteiger partial charge in [-0.1, -0.05) is 24.3 Å². The van der Waals surface area contributed by atoms with Crippen molar-refractivity contribution in [1.29, 1.82) is 0 Å². The molecular formula is C32H27N9O. The number of benzene rings is 2. The smallest absolute Gasteiger partial charge is 0.214 e. The molecule has 2 N–H and O–H groups in total. The number of anilines is 1. The molecular weight excluding hydrogens is 526 g/mol. The fraction of sp³-hybridized carbons (Fsp3) is 0.156. The van der Waals surface area contributed by atoms with Gasteiger partial charge in [-0.25, -0.2) is 19.9 Å². The number of nitrogens with zero attached hydrogens (tertiary/aromatic N) is 7. The lowest BCUT2D eigenvalue weighted by atomic mass is 10.1. The van der Waals surface area contributed by atoms with E-state index in [1.807, 2.05) is 67.1 Å². The number of hydrogen-bond acceptors (Lipinski definition) is 8. The van der Waals surface area contributed by atoms with Gasteiger partial charge in [0.05, 0.1) is 40.5 Å². The van der Waals surface area contributed by atoms with Crippen LogP contribution in [0.4, 0.5) is 5.82 Å². The number of H-pyrrole nitrogens is 1. The minimum Gasteiger partial charge on any atom is -0.471 e. The molecule has 1 aliphatic rings. The second kappa shape index (κ2) is 10.2. The molecule has 1 fully saturated rings. The van der Waals surface area contributed by atoms with Gasteiger partial charge in [0.15, 0.2) is 5.65 Å². The lowest BCUT2D eigenvalue weighted by Crippen LogP contribution is -2.43. The van der Waals surface area contributed by atoms with Gasteiger partial charge < -0.3 is 19.9 Å². The normalized spacial score (nSPS) is 13.8. The van der Waals surface area contributed by atoms with Crippen LogP contribution < -0.4 is 15.0 Å². The Labute approximate surface area is 241 Å². The van der Waals surface area contributed by atoms with Gasteiger partial charge in [-0.15, -0.1) is 0 Å². The van der Waals surface area contributed by atoms with Gasteiger partial charge in [0.1, 0.15) is 18.1 Å². The summed E-state index contributed by atoms with van der Waals surface area (Å²) in [7, 11) is 0. The van der Waals surface area contributed by atoms with Crippen LogP contribution in [0.2, 0.25) is 0 Å². The topological polar surface area (TPSA) is 109 Å². The summed E-state index contributed by atoms with van der Waals surface area (Å²) in [6, 6.07) is 22.2. The Hall–Kier alpha value is -5.35. The Bertz CT molecular complexity index is 2040. The predicted molar refractivity (Wildman–Crippen MR) is 162 cm³/mol. The number of pyridine rings is 2. The maximum Gasteiger partial charge on any atom is 0.214 e. The first kappa shape index (κ1) is 24.4. The molecule has 5 aromatic heterocycles. The van der Waals surface area contributed by atoms with E-state index in [1.165, 1.54) is 0 Å². The molecule has 0 unspecified atom stereocenters. The minimum absolute atomic E-state index is 0.270. The van der Waals surface area contributed by atoms with Gasteiger partial charge in [-0.3, -0.25) is 9.38 Å². The van der Waals surface area contributed by atoms with E-state index in [4.69, 9.17) is 19.7 Å². The summed E-state index contributed by atoms with van der Waals surface area (Å²) in [4.78, 5) is 29.2. The van der Waals surface area contributed by atoms with E-state index in [9.17, 15) is 0 Å². The third-order valence-electron chi connectivity index (χ3n) is 7.66. The second-order valence-electron chi connectivity index (χ2n) is 10.3. The maximum atomic E-state index is 6.11. The number of aromatic nitrogens is 7. The number of rotatable bonds is 6. The van der Waals surface area contributed by atoms with E-state index in [2.05, 4.69) is 47.8 Å². The predicted octanol–water partition coefficient (Wildman–Crippen LogP) is 4.87. The van der Waals surface area contributed by atoms with Gasteiger partial charge in [-0.2, -0.15) is 0 Å². The first-order valence-corrected chi connectivity index (χ1v) is 14.0. The first-order chi connectivity index (χ1) is 20.8. The molecule has 0 saturated carbocycles. The maximum absolute atomic E-state index is 6.11. The van der Waals surface area contributed by atoms with Crippen LogP contribution in [-0.4, -0.2) is 60.5 Å². The molecule has 8 rings (SSSR count). The molecule has 10 nitrogen and oxygen atoms in total. The third kappa shape index (κ3) is 4.47. The molecule has 0 spiro atoms. The Morgan fingerprint density at radius 3 is 2.62 bits per heavy atom. The monoisotopic (exact) mass is 553 g/mol. The zero-order valence-corrected chi connectivity index (χ0v) is 22.7. The van der Waals surface area contributed by atoms with Crippen molar-refractivity contribution < 1.29 is 4.74 Å². The molecule has 6 heterocycles. The highest BCUT2D eigenvalue weighted by Gasteiger charge is 2.17. The van der Waals surface area contributed by atoms with Crippen LogP contribution in [0.5, 0.6) is 5.88 Å². The zero-order valence-electron chi connectivity index (χ0n) is 22.7. The number of para-hydroxylation sites is 1. The fourth-order valence-electron chi connectivity index (χ4n) is 5.49. The third-order valence-corrected chi connectivity index (χ3v) is 7.66. The summed E-state index contributed by atoms with van der Waals surface area (Å²) in [5, 5.41) is 4.46. The standard InChI is InChI=1S/C32H27N9O/c1-2-4-25-21(3-1)7-10-30(39-25)42-19-24-18-41-28(23-6-9-29(34-16-23)40-13-11-33-12-14-40)17-35-31(32(41)38-24)22-5-8-26-27(15-22)37-20-36-26/h1-10,15-18,20,33H,11-14,19H2,(H,36,37). The Morgan fingerprint density at radius 2 is 1.71 bits per heavy atom. The average molecular weight is 554 g/mol. The molecule has 7 aromatic rings. The van der Waals surface area contributed by atoms with Crippen LogP contribution in [0.15, 0.2) is 91.6 Å². The van der Waals surface area contributed by atoms with E-state index in [-0.39, 0.29) is 6.61 Å². The Morgan fingerprint density at radius 1 is 0.810 bits per heavy atom. The van der Waals surface area contributed by atoms with Crippen LogP contribution in [0.1, 0.15) is 5.69 Å². The molecule has 10 heteroatoms. The largest absolute Gasteiger partial charge is 0.471 e. The number of hydrogen-bond donors (Lipinski definition) is 2. The quantitative estimate of drug-likeness (QED) is 0.300. The molecule has 0 aliphatic carbocycles. The number of fused-ring (bicyclic) bond motifs is 3. The van der Waals surface area contributed by atoms with Crippen molar-refractivity contribution >= 4 is 33.4 Å². The van der Waals surface area contributed by atoms with E-state index in [0.717, 1.165) is 87.8 Å².